The molecule has 4 nitrogen and oxygen atoms in total. The van der Waals surface area contributed by atoms with Gasteiger partial charge in [0.25, 0.3) is 5.56 Å². The summed E-state index contributed by atoms with van der Waals surface area (Å²) in [4.78, 5) is 29.5. The summed E-state index contributed by atoms with van der Waals surface area (Å²) in [5.74, 6) is 0.233. The Bertz CT molecular complexity index is 627. The van der Waals surface area contributed by atoms with Crippen LogP contribution < -0.4 is 5.56 Å². The fraction of sp³-hybridized carbons (Fsp3) is 0.0833. The summed E-state index contributed by atoms with van der Waals surface area (Å²) in [5, 5.41) is 0.450. The molecular formula is C12H9BrN2O2S. The van der Waals surface area contributed by atoms with Gasteiger partial charge in [0.05, 0.1) is 5.75 Å². The molecule has 2 aromatic rings. The minimum Gasteiger partial charge on any atom is -0.301 e. The summed E-state index contributed by atoms with van der Waals surface area (Å²) in [6.45, 7) is 0. The zero-order valence-electron chi connectivity index (χ0n) is 9.22. The Labute approximate surface area is 116 Å². The predicted octanol–water partition coefficient (Wildman–Crippen LogP) is 2.51. The van der Waals surface area contributed by atoms with Crippen molar-refractivity contribution >= 4 is 33.5 Å². The number of hydrogen-bond acceptors (Lipinski definition) is 4. The lowest BCUT2D eigenvalue weighted by atomic mass is 10.2. The van der Waals surface area contributed by atoms with Crippen molar-refractivity contribution in [2.75, 3.05) is 5.75 Å². The molecule has 0 atom stereocenters. The second-order valence-corrected chi connectivity index (χ2v) is 5.34. The number of aromatic nitrogens is 2. The van der Waals surface area contributed by atoms with Crippen LogP contribution in [0.4, 0.5) is 0 Å². The maximum Gasteiger partial charge on any atom is 0.251 e. The Morgan fingerprint density at radius 1 is 1.39 bits per heavy atom. The van der Waals surface area contributed by atoms with Crippen molar-refractivity contribution in [2.24, 2.45) is 0 Å². The van der Waals surface area contributed by atoms with Crippen LogP contribution in [0.15, 0.2) is 51.0 Å². The highest BCUT2D eigenvalue weighted by molar-refractivity contribution is 9.10. The van der Waals surface area contributed by atoms with Crippen LogP contribution in [0, 0.1) is 0 Å². The van der Waals surface area contributed by atoms with Crippen molar-refractivity contribution in [1.29, 1.82) is 0 Å². The number of halogens is 1. The van der Waals surface area contributed by atoms with Gasteiger partial charge in [-0.3, -0.25) is 9.59 Å². The molecule has 1 aromatic carbocycles. The van der Waals surface area contributed by atoms with E-state index in [0.29, 0.717) is 10.7 Å². The highest BCUT2D eigenvalue weighted by atomic mass is 79.9. The van der Waals surface area contributed by atoms with Gasteiger partial charge in [0.2, 0.25) is 0 Å². The smallest absolute Gasteiger partial charge is 0.251 e. The van der Waals surface area contributed by atoms with E-state index in [4.69, 9.17) is 0 Å². The summed E-state index contributed by atoms with van der Waals surface area (Å²) >= 11 is 4.53. The molecule has 0 saturated heterocycles. The Balaban J connectivity index is 2.03. The normalized spacial score (nSPS) is 10.3. The zero-order valence-corrected chi connectivity index (χ0v) is 11.6. The first-order valence-corrected chi connectivity index (χ1v) is 6.90. The largest absolute Gasteiger partial charge is 0.301 e. The summed E-state index contributed by atoms with van der Waals surface area (Å²) < 4.78 is 0.865. The molecule has 0 unspecified atom stereocenters. The van der Waals surface area contributed by atoms with Crippen LogP contribution in [-0.4, -0.2) is 21.5 Å². The first-order valence-electron chi connectivity index (χ1n) is 5.12. The van der Waals surface area contributed by atoms with E-state index in [0.717, 1.165) is 4.47 Å². The van der Waals surface area contributed by atoms with Crippen molar-refractivity contribution in [3.63, 3.8) is 0 Å². The van der Waals surface area contributed by atoms with Gasteiger partial charge in [-0.2, -0.15) is 0 Å². The fourth-order valence-corrected chi connectivity index (χ4v) is 2.45. The molecule has 0 aliphatic heterocycles. The molecule has 0 aliphatic rings. The lowest BCUT2D eigenvalue weighted by Gasteiger charge is -2.01. The van der Waals surface area contributed by atoms with Crippen LogP contribution in [0.5, 0.6) is 0 Å². The highest BCUT2D eigenvalue weighted by Crippen LogP contribution is 2.16. The van der Waals surface area contributed by atoms with Gasteiger partial charge < -0.3 is 4.98 Å². The molecule has 0 radical (unpaired) electrons. The number of nitrogens with one attached hydrogen (secondary N) is 1. The molecule has 2 rings (SSSR count). The fourth-order valence-electron chi connectivity index (χ4n) is 1.30. The van der Waals surface area contributed by atoms with Crippen LogP contribution in [0.2, 0.25) is 0 Å². The Kier molecular flexibility index (Phi) is 4.33. The van der Waals surface area contributed by atoms with Gasteiger partial charge in [-0.25, -0.2) is 4.98 Å². The van der Waals surface area contributed by atoms with Gasteiger partial charge in [0.1, 0.15) is 0 Å². The number of rotatable bonds is 4. The number of aromatic amines is 1. The van der Waals surface area contributed by atoms with Crippen molar-refractivity contribution in [3.8, 4) is 0 Å². The quantitative estimate of drug-likeness (QED) is 0.533. The van der Waals surface area contributed by atoms with Crippen molar-refractivity contribution in [3.05, 3.63) is 56.9 Å². The second kappa shape index (κ2) is 5.97. The lowest BCUT2D eigenvalue weighted by molar-refractivity contribution is 0.102. The topological polar surface area (TPSA) is 62.8 Å². The molecule has 0 bridgehead atoms. The molecule has 0 aliphatic carbocycles. The molecule has 0 saturated carbocycles. The van der Waals surface area contributed by atoms with E-state index in [2.05, 4.69) is 25.9 Å². The number of hydrogen-bond donors (Lipinski definition) is 1. The van der Waals surface area contributed by atoms with Crippen LogP contribution >= 0.6 is 27.7 Å². The maximum atomic E-state index is 11.9. The monoisotopic (exact) mass is 324 g/mol. The molecule has 0 amide bonds. The predicted molar refractivity (Wildman–Crippen MR) is 74.1 cm³/mol. The number of nitrogens with zero attached hydrogens (tertiary/aromatic N) is 1. The Hall–Kier alpha value is -1.40. The number of H-pyrrole nitrogens is 1. The zero-order chi connectivity index (χ0) is 13.0. The standard InChI is InChI=1S/C12H9BrN2O2S/c13-9-3-1-2-8(6-9)10(16)7-18-12-14-5-4-11(17)15-12/h1-6H,7H2,(H,14,15,17). The second-order valence-electron chi connectivity index (χ2n) is 3.46. The number of carbonyl (C=O) groups excluding carboxylic acids is 1. The van der Waals surface area contributed by atoms with E-state index < -0.39 is 0 Å². The molecule has 1 N–H and O–H groups in total. The molecular weight excluding hydrogens is 316 g/mol. The third kappa shape index (κ3) is 3.54. The molecule has 0 spiro atoms. The number of Topliss-reactive ketones (excluding diaryl/α,β-unsaturated/α-hetero) is 1. The van der Waals surface area contributed by atoms with E-state index in [9.17, 15) is 9.59 Å². The maximum absolute atomic E-state index is 11.9. The minimum absolute atomic E-state index is 0.00666. The van der Waals surface area contributed by atoms with Gasteiger partial charge in [0.15, 0.2) is 10.9 Å². The Morgan fingerprint density at radius 2 is 2.22 bits per heavy atom. The highest BCUT2D eigenvalue weighted by Gasteiger charge is 2.07. The van der Waals surface area contributed by atoms with E-state index in [1.165, 1.54) is 24.0 Å². The molecule has 92 valence electrons. The molecule has 6 heteroatoms. The van der Waals surface area contributed by atoms with E-state index in [1.54, 1.807) is 12.1 Å². The van der Waals surface area contributed by atoms with Gasteiger partial charge in [0, 0.05) is 22.3 Å². The van der Waals surface area contributed by atoms with E-state index in [-0.39, 0.29) is 17.1 Å². The number of benzene rings is 1. The Morgan fingerprint density at radius 3 is 2.94 bits per heavy atom. The van der Waals surface area contributed by atoms with Gasteiger partial charge >= 0.3 is 0 Å². The minimum atomic E-state index is -0.220. The first kappa shape index (κ1) is 13.0. The first-order chi connectivity index (χ1) is 8.65. The van der Waals surface area contributed by atoms with Crippen LogP contribution in [0.25, 0.3) is 0 Å². The number of ketones is 1. The van der Waals surface area contributed by atoms with E-state index >= 15 is 0 Å². The molecule has 1 aromatic heterocycles. The summed E-state index contributed by atoms with van der Waals surface area (Å²) in [6.07, 6.45) is 1.42. The van der Waals surface area contributed by atoms with Crippen LogP contribution in [0.3, 0.4) is 0 Å². The van der Waals surface area contributed by atoms with Crippen LogP contribution in [-0.2, 0) is 0 Å². The SMILES string of the molecule is O=C(CSc1nccc(=O)[nH]1)c1cccc(Br)c1. The molecule has 18 heavy (non-hydrogen) atoms. The molecule has 1 heterocycles. The third-order valence-corrected chi connectivity index (χ3v) is 3.52. The van der Waals surface area contributed by atoms with Gasteiger partial charge in [-0.05, 0) is 12.1 Å². The summed E-state index contributed by atoms with van der Waals surface area (Å²) in [7, 11) is 0. The lowest BCUT2D eigenvalue weighted by Crippen LogP contribution is -2.07. The van der Waals surface area contributed by atoms with Crippen molar-refractivity contribution in [2.45, 2.75) is 5.16 Å². The average molecular weight is 325 g/mol. The van der Waals surface area contributed by atoms with Gasteiger partial charge in [-0.15, -0.1) is 0 Å². The van der Waals surface area contributed by atoms with Crippen LogP contribution in [0.1, 0.15) is 10.4 Å². The average Bonchev–Trinajstić information content (AvgIpc) is 2.36. The summed E-state index contributed by atoms with van der Waals surface area (Å²) in [5.41, 5.74) is 0.414. The number of thioether (sulfide) groups is 1. The van der Waals surface area contributed by atoms with Crippen molar-refractivity contribution in [1.82, 2.24) is 9.97 Å². The third-order valence-electron chi connectivity index (χ3n) is 2.13. The van der Waals surface area contributed by atoms with Crippen molar-refractivity contribution < 1.29 is 4.79 Å². The molecule has 0 fully saturated rings. The number of carbonyl (C=O) groups is 1. The summed E-state index contributed by atoms with van der Waals surface area (Å²) in [6, 6.07) is 8.53. The van der Waals surface area contributed by atoms with Gasteiger partial charge in [-0.1, -0.05) is 39.8 Å². The van der Waals surface area contributed by atoms with E-state index in [1.807, 2.05) is 12.1 Å².